The number of carbonyl (C=O) groups excluding carboxylic acids is 2. The van der Waals surface area contributed by atoms with E-state index in [1.54, 1.807) is 27.0 Å². The maximum atomic E-state index is 13.9. The molecule has 1 aromatic carbocycles. The molecule has 3 atom stereocenters. The average molecular weight is 455 g/mol. The number of Topliss-reactive ketones (excluding diaryl/α,β-unsaturated/α-hetero) is 2. The van der Waals surface area contributed by atoms with Crippen molar-refractivity contribution in [3.63, 3.8) is 0 Å². The van der Waals surface area contributed by atoms with Gasteiger partial charge < -0.3 is 14.6 Å². The van der Waals surface area contributed by atoms with E-state index in [9.17, 15) is 14.7 Å². The van der Waals surface area contributed by atoms with E-state index in [1.165, 1.54) is 0 Å². The van der Waals surface area contributed by atoms with Gasteiger partial charge in [0, 0.05) is 18.3 Å². The number of hydrogen-bond donors (Lipinski definition) is 1. The lowest BCUT2D eigenvalue weighted by Gasteiger charge is -2.48. The Balaban J connectivity index is 1.74. The molecule has 1 fully saturated rings. The van der Waals surface area contributed by atoms with Crippen LogP contribution < -0.4 is 9.47 Å². The number of ether oxygens (including phenoxy) is 2. The third kappa shape index (κ3) is 4.03. The first-order valence-corrected chi connectivity index (χ1v) is 12.1. The summed E-state index contributed by atoms with van der Waals surface area (Å²) in [4.78, 5) is 27.0. The van der Waals surface area contributed by atoms with Gasteiger partial charge in [0.15, 0.2) is 11.6 Å². The highest BCUT2D eigenvalue weighted by molar-refractivity contribution is 6.03. The normalized spacial score (nSPS) is 31.9. The van der Waals surface area contributed by atoms with Crippen molar-refractivity contribution in [2.45, 2.75) is 97.7 Å². The molecule has 0 spiro atoms. The number of aryl methyl sites for hydroxylation is 1. The van der Waals surface area contributed by atoms with E-state index in [4.69, 9.17) is 9.47 Å². The quantitative estimate of drug-likeness (QED) is 0.614. The van der Waals surface area contributed by atoms with Crippen molar-refractivity contribution < 1.29 is 24.2 Å². The van der Waals surface area contributed by atoms with Crippen molar-refractivity contribution in [1.29, 1.82) is 0 Å². The van der Waals surface area contributed by atoms with Crippen molar-refractivity contribution >= 4 is 11.6 Å². The number of ketones is 2. The van der Waals surface area contributed by atoms with E-state index in [0.29, 0.717) is 29.9 Å². The lowest BCUT2D eigenvalue weighted by molar-refractivity contribution is -0.131. The largest absolute Gasteiger partial charge is 0.497 e. The van der Waals surface area contributed by atoms with Crippen molar-refractivity contribution in [3.8, 4) is 11.5 Å². The van der Waals surface area contributed by atoms with E-state index in [1.807, 2.05) is 19.9 Å². The Bertz CT molecular complexity index is 1050. The number of benzene rings is 1. The summed E-state index contributed by atoms with van der Waals surface area (Å²) in [6.45, 7) is 11.8. The van der Waals surface area contributed by atoms with Gasteiger partial charge in [0.1, 0.15) is 17.1 Å². The summed E-state index contributed by atoms with van der Waals surface area (Å²) in [6, 6.07) is 3.63. The third-order valence-electron chi connectivity index (χ3n) is 8.41. The molecule has 0 radical (unpaired) electrons. The number of hydrogen-bond acceptors (Lipinski definition) is 5. The Hall–Kier alpha value is -2.14. The van der Waals surface area contributed by atoms with Crippen molar-refractivity contribution in [2.75, 3.05) is 7.11 Å². The minimum Gasteiger partial charge on any atom is -0.497 e. The van der Waals surface area contributed by atoms with Gasteiger partial charge in [-0.15, -0.1) is 0 Å². The van der Waals surface area contributed by atoms with Gasteiger partial charge in [-0.3, -0.25) is 9.59 Å². The zero-order chi connectivity index (χ0) is 24.4. The Morgan fingerprint density at radius 1 is 1.12 bits per heavy atom. The molecule has 3 aliphatic rings. The number of carbonyl (C=O) groups is 2. The predicted octanol–water partition coefficient (Wildman–Crippen LogP) is 5.74. The molecule has 0 amide bonds. The summed E-state index contributed by atoms with van der Waals surface area (Å²) in [5.41, 5.74) is 1.01. The van der Waals surface area contributed by atoms with E-state index in [0.717, 1.165) is 42.4 Å². The maximum Gasteiger partial charge on any atom is 0.170 e. The molecule has 4 rings (SSSR count). The zero-order valence-electron chi connectivity index (χ0n) is 21.2. The van der Waals surface area contributed by atoms with Crippen LogP contribution in [0, 0.1) is 17.8 Å². The minimum atomic E-state index is -0.983. The highest BCUT2D eigenvalue weighted by Gasteiger charge is 2.57. The summed E-state index contributed by atoms with van der Waals surface area (Å²) in [6.07, 6.45) is 4.84. The molecule has 0 saturated heterocycles. The molecular weight excluding hydrogens is 416 g/mol. The monoisotopic (exact) mass is 454 g/mol. The summed E-state index contributed by atoms with van der Waals surface area (Å²) < 4.78 is 11.9. The van der Waals surface area contributed by atoms with Crippen LogP contribution in [0.25, 0.3) is 0 Å². The first-order valence-electron chi connectivity index (χ1n) is 12.1. The average Bonchev–Trinajstić information content (AvgIpc) is 3.00. The maximum absolute atomic E-state index is 13.9. The van der Waals surface area contributed by atoms with E-state index < -0.39 is 11.2 Å². The molecule has 5 nitrogen and oxygen atoms in total. The van der Waals surface area contributed by atoms with Crippen LogP contribution in [0.1, 0.15) is 95.5 Å². The van der Waals surface area contributed by atoms with Crippen LogP contribution in [0.3, 0.4) is 0 Å². The Labute approximate surface area is 197 Å². The van der Waals surface area contributed by atoms with Gasteiger partial charge in [-0.1, -0.05) is 25.8 Å². The number of methoxy groups -OCH3 is 1. The molecule has 1 aliphatic heterocycles. The van der Waals surface area contributed by atoms with Gasteiger partial charge in [0.25, 0.3) is 0 Å². The first kappa shape index (κ1) is 24.0. The fourth-order valence-electron chi connectivity index (χ4n) is 6.43. The first-order chi connectivity index (χ1) is 15.2. The fourth-order valence-corrected chi connectivity index (χ4v) is 6.43. The Kier molecular flexibility index (Phi) is 5.59. The van der Waals surface area contributed by atoms with Crippen molar-refractivity contribution in [3.05, 3.63) is 34.4 Å². The van der Waals surface area contributed by atoms with Gasteiger partial charge in [-0.2, -0.15) is 0 Å². The second-order valence-corrected chi connectivity index (χ2v) is 12.0. The molecule has 1 heterocycles. The molecule has 0 aromatic heterocycles. The minimum absolute atomic E-state index is 0.0319. The van der Waals surface area contributed by atoms with Gasteiger partial charge >= 0.3 is 0 Å². The molecule has 1 N–H and O–H groups in total. The molecule has 33 heavy (non-hydrogen) atoms. The number of aliphatic hydroxyl groups is 1. The standard InChI is InChI=1S/C28H38O5/c1-17-11-19(32-7)12-20-22(29)16-27(5,33-23(17)20)14-18-13-26(4)9-8-10-28(26,6)24(30)21(18)15-25(2,3)31/h11-12,31H,8-10,13-16H2,1-7H3. The molecule has 3 unspecified atom stereocenters. The fraction of sp³-hybridized carbons (Fsp3) is 0.643. The van der Waals surface area contributed by atoms with Crippen LogP contribution >= 0.6 is 0 Å². The summed E-state index contributed by atoms with van der Waals surface area (Å²) in [5.74, 6) is 1.47. The third-order valence-corrected chi connectivity index (χ3v) is 8.41. The smallest absolute Gasteiger partial charge is 0.170 e. The Morgan fingerprint density at radius 3 is 2.45 bits per heavy atom. The number of fused-ring (bicyclic) bond motifs is 2. The molecule has 0 bridgehead atoms. The van der Waals surface area contributed by atoms with Crippen molar-refractivity contribution in [1.82, 2.24) is 0 Å². The van der Waals surface area contributed by atoms with Gasteiger partial charge in [-0.05, 0) is 75.6 Å². The lowest BCUT2D eigenvalue weighted by atomic mass is 9.56. The molecule has 2 aliphatic carbocycles. The molecular formula is C28H38O5. The summed E-state index contributed by atoms with van der Waals surface area (Å²) >= 11 is 0. The van der Waals surface area contributed by atoms with Gasteiger partial charge in [0.2, 0.25) is 0 Å². The van der Waals surface area contributed by atoms with Crippen LogP contribution in [-0.2, 0) is 4.79 Å². The van der Waals surface area contributed by atoms with Crippen LogP contribution in [0.5, 0.6) is 11.5 Å². The Morgan fingerprint density at radius 2 is 1.82 bits per heavy atom. The van der Waals surface area contributed by atoms with Gasteiger partial charge in [-0.25, -0.2) is 0 Å². The second-order valence-electron chi connectivity index (χ2n) is 12.0. The van der Waals surface area contributed by atoms with E-state index >= 15 is 0 Å². The highest BCUT2D eigenvalue weighted by Crippen LogP contribution is 2.61. The topological polar surface area (TPSA) is 72.8 Å². The van der Waals surface area contributed by atoms with Gasteiger partial charge in [0.05, 0.1) is 24.7 Å². The van der Waals surface area contributed by atoms with Crippen LogP contribution in [0.2, 0.25) is 0 Å². The summed E-state index contributed by atoms with van der Waals surface area (Å²) in [7, 11) is 1.59. The molecule has 1 saturated carbocycles. The van der Waals surface area contributed by atoms with E-state index in [-0.39, 0.29) is 28.8 Å². The van der Waals surface area contributed by atoms with Crippen LogP contribution in [-0.4, -0.2) is 35.0 Å². The van der Waals surface area contributed by atoms with Crippen LogP contribution in [0.4, 0.5) is 0 Å². The van der Waals surface area contributed by atoms with Crippen LogP contribution in [0.15, 0.2) is 23.3 Å². The van der Waals surface area contributed by atoms with E-state index in [2.05, 4.69) is 13.8 Å². The zero-order valence-corrected chi connectivity index (χ0v) is 21.2. The van der Waals surface area contributed by atoms with Crippen molar-refractivity contribution in [2.24, 2.45) is 10.8 Å². The predicted molar refractivity (Wildman–Crippen MR) is 128 cm³/mol. The summed E-state index contributed by atoms with van der Waals surface area (Å²) in [5, 5.41) is 10.6. The second kappa shape index (κ2) is 7.69. The highest BCUT2D eigenvalue weighted by atomic mass is 16.5. The molecule has 5 heteroatoms. The molecule has 1 aromatic rings. The molecule has 180 valence electrons. The number of rotatable bonds is 5. The lowest BCUT2D eigenvalue weighted by Crippen LogP contribution is -2.47. The SMILES string of the molecule is COc1cc(C)c2c(c1)C(=O)CC(C)(CC1=C(CC(C)(C)O)C(=O)C3(C)CCCC3(C)C1)O2.